The summed E-state index contributed by atoms with van der Waals surface area (Å²) in [4.78, 5) is 14.0. The average molecular weight is 281 g/mol. The van der Waals surface area contributed by atoms with Crippen LogP contribution in [-0.2, 0) is 4.79 Å². The van der Waals surface area contributed by atoms with E-state index < -0.39 is 0 Å². The summed E-state index contributed by atoms with van der Waals surface area (Å²) >= 11 is 1.82. The highest BCUT2D eigenvalue weighted by molar-refractivity contribution is 7.98. The maximum atomic E-state index is 11.9. The van der Waals surface area contributed by atoms with E-state index in [1.54, 1.807) is 0 Å². The van der Waals surface area contributed by atoms with Crippen molar-refractivity contribution in [1.82, 2.24) is 10.2 Å². The smallest absolute Gasteiger partial charge is 0.222 e. The van der Waals surface area contributed by atoms with E-state index in [0.29, 0.717) is 11.8 Å². The molecule has 1 heterocycles. The summed E-state index contributed by atoms with van der Waals surface area (Å²) < 4.78 is 0. The fourth-order valence-electron chi connectivity index (χ4n) is 2.27. The number of piperidine rings is 1. The molecule has 1 aliphatic heterocycles. The molecule has 1 fully saturated rings. The third-order valence-electron chi connectivity index (χ3n) is 3.10. The first-order valence-electron chi connectivity index (χ1n) is 6.19. The van der Waals surface area contributed by atoms with Crippen LogP contribution in [0.25, 0.3) is 0 Å². The van der Waals surface area contributed by atoms with Crippen molar-refractivity contribution < 1.29 is 4.79 Å². The summed E-state index contributed by atoms with van der Waals surface area (Å²) in [6.07, 6.45) is 6.27. The van der Waals surface area contributed by atoms with Crippen molar-refractivity contribution in [2.75, 3.05) is 38.7 Å². The minimum Gasteiger partial charge on any atom is -0.342 e. The first-order valence-corrected chi connectivity index (χ1v) is 7.58. The fourth-order valence-corrected chi connectivity index (χ4v) is 2.71. The first-order chi connectivity index (χ1) is 7.77. The van der Waals surface area contributed by atoms with Crippen molar-refractivity contribution in [2.24, 2.45) is 5.92 Å². The maximum Gasteiger partial charge on any atom is 0.222 e. The molecule has 5 heteroatoms. The predicted octanol–water partition coefficient (Wildman–Crippen LogP) is 2.01. The van der Waals surface area contributed by atoms with Crippen LogP contribution in [0.4, 0.5) is 0 Å². The summed E-state index contributed by atoms with van der Waals surface area (Å²) in [5.74, 6) is 2.11. The van der Waals surface area contributed by atoms with Gasteiger partial charge in [-0.1, -0.05) is 0 Å². The molecule has 0 aromatic carbocycles. The molecule has 1 atom stereocenters. The van der Waals surface area contributed by atoms with E-state index in [4.69, 9.17) is 0 Å². The van der Waals surface area contributed by atoms with E-state index in [1.807, 2.05) is 18.8 Å². The lowest BCUT2D eigenvalue weighted by molar-refractivity contribution is -0.132. The normalized spacial score (nSPS) is 19.9. The molecule has 0 aromatic heterocycles. The number of hydrogen-bond acceptors (Lipinski definition) is 3. The standard InChI is InChI=1S/C12H24N2OS.ClH/c1-13-9-11-5-3-7-14(10-11)12(15)6-4-8-16-2;/h11,13H,3-10H2,1-2H3;1H. The number of nitrogens with one attached hydrogen (secondary N) is 1. The molecular formula is C12H25ClN2OS. The number of carbonyl (C=O) groups excluding carboxylic acids is 1. The number of hydrogen-bond donors (Lipinski definition) is 1. The number of amides is 1. The zero-order valence-electron chi connectivity index (χ0n) is 10.9. The molecule has 0 saturated carbocycles. The second kappa shape index (κ2) is 10.0. The van der Waals surface area contributed by atoms with Gasteiger partial charge in [0, 0.05) is 19.5 Å². The van der Waals surface area contributed by atoms with Gasteiger partial charge >= 0.3 is 0 Å². The average Bonchev–Trinajstić information content (AvgIpc) is 2.30. The monoisotopic (exact) mass is 280 g/mol. The Labute approximate surface area is 115 Å². The number of nitrogens with zero attached hydrogens (tertiary/aromatic N) is 1. The molecule has 0 aliphatic carbocycles. The van der Waals surface area contributed by atoms with Crippen LogP contribution in [0, 0.1) is 5.92 Å². The lowest BCUT2D eigenvalue weighted by Gasteiger charge is -2.32. The van der Waals surface area contributed by atoms with E-state index in [1.165, 1.54) is 12.8 Å². The topological polar surface area (TPSA) is 32.3 Å². The Balaban J connectivity index is 0.00000256. The molecule has 1 rings (SSSR count). The lowest BCUT2D eigenvalue weighted by Crippen LogP contribution is -2.42. The van der Waals surface area contributed by atoms with Crippen molar-refractivity contribution in [3.63, 3.8) is 0 Å². The number of thioether (sulfide) groups is 1. The van der Waals surface area contributed by atoms with Crippen LogP contribution in [0.2, 0.25) is 0 Å². The molecule has 0 radical (unpaired) electrons. The number of carbonyl (C=O) groups is 1. The van der Waals surface area contributed by atoms with Crippen molar-refractivity contribution in [2.45, 2.75) is 25.7 Å². The van der Waals surface area contributed by atoms with Crippen LogP contribution in [0.1, 0.15) is 25.7 Å². The van der Waals surface area contributed by atoms with Crippen molar-refractivity contribution in [1.29, 1.82) is 0 Å². The maximum absolute atomic E-state index is 11.9. The van der Waals surface area contributed by atoms with Gasteiger partial charge in [0.25, 0.3) is 0 Å². The van der Waals surface area contributed by atoms with Crippen LogP contribution in [0.15, 0.2) is 0 Å². The molecule has 102 valence electrons. The number of rotatable bonds is 6. The third kappa shape index (κ3) is 6.53. The predicted molar refractivity (Wildman–Crippen MR) is 78.1 cm³/mol. The van der Waals surface area contributed by atoms with E-state index in [0.717, 1.165) is 38.2 Å². The first kappa shape index (κ1) is 17.1. The van der Waals surface area contributed by atoms with Crippen molar-refractivity contribution in [3.05, 3.63) is 0 Å². The molecule has 1 saturated heterocycles. The van der Waals surface area contributed by atoms with Crippen LogP contribution in [-0.4, -0.2) is 49.5 Å². The highest BCUT2D eigenvalue weighted by Gasteiger charge is 2.22. The summed E-state index contributed by atoms with van der Waals surface area (Å²) in [5.41, 5.74) is 0. The van der Waals surface area contributed by atoms with E-state index in [2.05, 4.69) is 16.5 Å². The van der Waals surface area contributed by atoms with Gasteiger partial charge in [-0.05, 0) is 50.8 Å². The Hall–Kier alpha value is 0.0700. The summed E-state index contributed by atoms with van der Waals surface area (Å²) in [7, 11) is 1.99. The molecule has 1 N–H and O–H groups in total. The summed E-state index contributed by atoms with van der Waals surface area (Å²) in [6.45, 7) is 2.96. The molecule has 1 amide bonds. The van der Waals surface area contributed by atoms with Gasteiger partial charge in [-0.3, -0.25) is 4.79 Å². The Morgan fingerprint density at radius 2 is 2.29 bits per heavy atom. The minimum atomic E-state index is 0. The van der Waals surface area contributed by atoms with Gasteiger partial charge < -0.3 is 10.2 Å². The second-order valence-electron chi connectivity index (χ2n) is 4.50. The summed E-state index contributed by atoms with van der Waals surface area (Å²) in [6, 6.07) is 0. The highest BCUT2D eigenvalue weighted by Crippen LogP contribution is 2.17. The van der Waals surface area contributed by atoms with Gasteiger partial charge in [-0.2, -0.15) is 11.8 Å². The zero-order chi connectivity index (χ0) is 11.8. The summed E-state index contributed by atoms with van der Waals surface area (Å²) in [5, 5.41) is 3.21. The lowest BCUT2D eigenvalue weighted by atomic mass is 9.98. The SMILES string of the molecule is CNCC1CCCN(C(=O)CCCSC)C1.Cl. The molecule has 0 bridgehead atoms. The molecule has 0 spiro atoms. The van der Waals surface area contributed by atoms with Gasteiger partial charge in [0.05, 0.1) is 0 Å². The Morgan fingerprint density at radius 1 is 1.53 bits per heavy atom. The quantitative estimate of drug-likeness (QED) is 0.756. The molecule has 3 nitrogen and oxygen atoms in total. The van der Waals surface area contributed by atoms with Crippen LogP contribution >= 0.6 is 24.2 Å². The fraction of sp³-hybridized carbons (Fsp3) is 0.917. The van der Waals surface area contributed by atoms with E-state index in [9.17, 15) is 4.79 Å². The molecule has 1 aliphatic rings. The van der Waals surface area contributed by atoms with Gasteiger partial charge in [0.2, 0.25) is 5.91 Å². The van der Waals surface area contributed by atoms with Crippen LogP contribution < -0.4 is 5.32 Å². The van der Waals surface area contributed by atoms with Gasteiger partial charge in [0.1, 0.15) is 0 Å². The van der Waals surface area contributed by atoms with Gasteiger partial charge in [-0.25, -0.2) is 0 Å². The third-order valence-corrected chi connectivity index (χ3v) is 3.80. The number of halogens is 1. The molecule has 17 heavy (non-hydrogen) atoms. The minimum absolute atomic E-state index is 0. The Bertz CT molecular complexity index is 215. The Morgan fingerprint density at radius 3 is 2.94 bits per heavy atom. The van der Waals surface area contributed by atoms with Crippen LogP contribution in [0.3, 0.4) is 0 Å². The molecule has 1 unspecified atom stereocenters. The van der Waals surface area contributed by atoms with Crippen molar-refractivity contribution >= 4 is 30.1 Å². The van der Waals surface area contributed by atoms with E-state index in [-0.39, 0.29) is 12.4 Å². The van der Waals surface area contributed by atoms with Gasteiger partial charge in [0.15, 0.2) is 0 Å². The second-order valence-corrected chi connectivity index (χ2v) is 5.49. The largest absolute Gasteiger partial charge is 0.342 e. The van der Waals surface area contributed by atoms with E-state index >= 15 is 0 Å². The zero-order valence-corrected chi connectivity index (χ0v) is 12.5. The highest BCUT2D eigenvalue weighted by atomic mass is 35.5. The molecule has 0 aromatic rings. The number of likely N-dealkylation sites (tertiary alicyclic amines) is 1. The van der Waals surface area contributed by atoms with Crippen molar-refractivity contribution in [3.8, 4) is 0 Å². The molecular weight excluding hydrogens is 256 g/mol. The van der Waals surface area contributed by atoms with Gasteiger partial charge in [-0.15, -0.1) is 12.4 Å². The van der Waals surface area contributed by atoms with Crippen LogP contribution in [0.5, 0.6) is 0 Å². The Kier molecular flexibility index (Phi) is 10.1.